The van der Waals surface area contributed by atoms with E-state index >= 15 is 0 Å². The maximum atomic E-state index is 2.59. The van der Waals surface area contributed by atoms with Crippen molar-refractivity contribution >= 4 is 5.57 Å². The van der Waals surface area contributed by atoms with Crippen molar-refractivity contribution in [1.29, 1.82) is 0 Å². The van der Waals surface area contributed by atoms with E-state index in [1.165, 1.54) is 76.2 Å². The van der Waals surface area contributed by atoms with Crippen LogP contribution in [0.5, 0.6) is 0 Å². The fourth-order valence-corrected chi connectivity index (χ4v) is 5.86. The van der Waals surface area contributed by atoms with Crippen LogP contribution in [-0.2, 0) is 0 Å². The molecule has 0 nitrogen and oxygen atoms in total. The third-order valence-corrected chi connectivity index (χ3v) is 7.95. The number of hydrogen-bond acceptors (Lipinski definition) is 0. The molecule has 0 bridgehead atoms. The average molecular weight is 351 g/mol. The highest BCUT2D eigenvalue weighted by atomic mass is 14.3. The second-order valence-electron chi connectivity index (χ2n) is 9.86. The second kappa shape index (κ2) is 8.32. The van der Waals surface area contributed by atoms with Crippen LogP contribution in [0.4, 0.5) is 0 Å². The van der Waals surface area contributed by atoms with E-state index in [2.05, 4.69) is 44.2 Å². The molecule has 2 saturated carbocycles. The molecule has 3 aliphatic rings. The van der Waals surface area contributed by atoms with Crippen molar-refractivity contribution in [2.45, 2.75) is 90.4 Å². The Morgan fingerprint density at radius 2 is 1.27 bits per heavy atom. The van der Waals surface area contributed by atoms with Crippen molar-refractivity contribution < 1.29 is 0 Å². The molecule has 142 valence electrons. The lowest BCUT2D eigenvalue weighted by Crippen LogP contribution is -2.22. The highest BCUT2D eigenvalue weighted by Gasteiger charge is 2.27. The first kappa shape index (κ1) is 18.3. The van der Waals surface area contributed by atoms with Crippen LogP contribution in [0.15, 0.2) is 30.3 Å². The van der Waals surface area contributed by atoms with Crippen LogP contribution in [0.1, 0.15) is 102 Å². The van der Waals surface area contributed by atoms with E-state index in [0.29, 0.717) is 0 Å². The fraction of sp³-hybridized carbons (Fsp3) is 0.692. The lowest BCUT2D eigenvalue weighted by Gasteiger charge is -2.34. The normalized spacial score (nSPS) is 35.8. The second-order valence-corrected chi connectivity index (χ2v) is 9.86. The first-order chi connectivity index (χ1) is 12.7. The van der Waals surface area contributed by atoms with Crippen molar-refractivity contribution in [2.24, 2.45) is 23.7 Å². The van der Waals surface area contributed by atoms with E-state index < -0.39 is 0 Å². The molecule has 1 aromatic rings. The SMILES string of the molecule is CC1CCC(c2ccc(C3=CCC(C4CCC(C)CC4)CC3)cc2)CC1. The molecule has 0 heterocycles. The monoisotopic (exact) mass is 350 g/mol. The van der Waals surface area contributed by atoms with E-state index in [1.54, 1.807) is 11.1 Å². The van der Waals surface area contributed by atoms with E-state index in [1.807, 2.05) is 0 Å². The van der Waals surface area contributed by atoms with Gasteiger partial charge in [-0.1, -0.05) is 69.9 Å². The van der Waals surface area contributed by atoms with E-state index in [-0.39, 0.29) is 0 Å². The highest BCUT2D eigenvalue weighted by molar-refractivity contribution is 5.66. The van der Waals surface area contributed by atoms with Crippen LogP contribution in [0.25, 0.3) is 5.57 Å². The van der Waals surface area contributed by atoms with Gasteiger partial charge < -0.3 is 0 Å². The molecule has 26 heavy (non-hydrogen) atoms. The summed E-state index contributed by atoms with van der Waals surface area (Å²) in [4.78, 5) is 0. The number of hydrogen-bond donors (Lipinski definition) is 0. The van der Waals surface area contributed by atoms with Crippen molar-refractivity contribution in [3.05, 3.63) is 41.5 Å². The average Bonchev–Trinajstić information content (AvgIpc) is 2.70. The third kappa shape index (κ3) is 4.26. The molecule has 1 aromatic carbocycles. The standard InChI is InChI=1S/C26H38/c1-19-3-7-21(8-4-19)23-11-15-25(16-12-23)26-17-13-24(14-18-26)22-9-5-20(2)6-10-22/h11-12,15-17,19-22,24H,3-10,13-14,18H2,1-2H3. The number of rotatable bonds is 3. The van der Waals surface area contributed by atoms with Crippen LogP contribution in [0.2, 0.25) is 0 Å². The van der Waals surface area contributed by atoms with E-state index in [4.69, 9.17) is 0 Å². The first-order valence-electron chi connectivity index (χ1n) is 11.5. The van der Waals surface area contributed by atoms with Gasteiger partial charge in [0.25, 0.3) is 0 Å². The predicted octanol–water partition coefficient (Wildman–Crippen LogP) is 7.99. The summed E-state index contributed by atoms with van der Waals surface area (Å²) in [5.41, 5.74) is 4.70. The van der Waals surface area contributed by atoms with Crippen molar-refractivity contribution in [3.8, 4) is 0 Å². The van der Waals surface area contributed by atoms with Crippen LogP contribution >= 0.6 is 0 Å². The summed E-state index contributed by atoms with van der Waals surface area (Å²) < 4.78 is 0. The molecule has 1 atom stereocenters. The summed E-state index contributed by atoms with van der Waals surface area (Å²) in [7, 11) is 0. The molecule has 3 aliphatic carbocycles. The Morgan fingerprint density at radius 3 is 1.85 bits per heavy atom. The Labute approximate surface area is 161 Å². The van der Waals surface area contributed by atoms with Gasteiger partial charge in [-0.3, -0.25) is 0 Å². The number of benzene rings is 1. The molecule has 0 aliphatic heterocycles. The molecule has 4 rings (SSSR count). The predicted molar refractivity (Wildman–Crippen MR) is 113 cm³/mol. The summed E-state index contributed by atoms with van der Waals surface area (Å²) in [5.74, 6) is 4.72. The van der Waals surface area contributed by atoms with Gasteiger partial charge in [0, 0.05) is 0 Å². The minimum absolute atomic E-state index is 0.818. The quantitative estimate of drug-likeness (QED) is 0.518. The van der Waals surface area contributed by atoms with E-state index in [0.717, 1.165) is 29.6 Å². The smallest absolute Gasteiger partial charge is 0.0162 e. The lowest BCUT2D eigenvalue weighted by atomic mass is 9.71. The summed E-state index contributed by atoms with van der Waals surface area (Å²) in [6.07, 6.45) is 18.2. The molecule has 0 radical (unpaired) electrons. The molecular weight excluding hydrogens is 312 g/mol. The van der Waals surface area contributed by atoms with Gasteiger partial charge in [-0.2, -0.15) is 0 Å². The molecule has 0 aromatic heterocycles. The van der Waals surface area contributed by atoms with E-state index in [9.17, 15) is 0 Å². The molecular formula is C26H38. The lowest BCUT2D eigenvalue weighted by molar-refractivity contribution is 0.202. The summed E-state index contributed by atoms with van der Waals surface area (Å²) in [6.45, 7) is 4.85. The highest BCUT2D eigenvalue weighted by Crippen LogP contribution is 2.41. The Kier molecular flexibility index (Phi) is 5.87. The van der Waals surface area contributed by atoms with Gasteiger partial charge in [-0.15, -0.1) is 0 Å². The van der Waals surface area contributed by atoms with Crippen LogP contribution in [0, 0.1) is 23.7 Å². The Morgan fingerprint density at radius 1 is 0.654 bits per heavy atom. The molecule has 0 heteroatoms. The summed E-state index contributed by atoms with van der Waals surface area (Å²) >= 11 is 0. The minimum atomic E-state index is 0.818. The van der Waals surface area contributed by atoms with Crippen LogP contribution in [-0.4, -0.2) is 0 Å². The molecule has 0 spiro atoms. The minimum Gasteiger partial charge on any atom is -0.0804 e. The molecule has 0 N–H and O–H groups in total. The van der Waals surface area contributed by atoms with Crippen LogP contribution < -0.4 is 0 Å². The van der Waals surface area contributed by atoms with Gasteiger partial charge in [0.1, 0.15) is 0 Å². The van der Waals surface area contributed by atoms with Gasteiger partial charge >= 0.3 is 0 Å². The van der Waals surface area contributed by atoms with Crippen LogP contribution in [0.3, 0.4) is 0 Å². The Hall–Kier alpha value is -1.04. The van der Waals surface area contributed by atoms with Gasteiger partial charge in [-0.05, 0) is 91.2 Å². The van der Waals surface area contributed by atoms with Gasteiger partial charge in [0.2, 0.25) is 0 Å². The largest absolute Gasteiger partial charge is 0.0804 e. The fourth-order valence-electron chi connectivity index (χ4n) is 5.86. The Bertz CT molecular complexity index is 591. The van der Waals surface area contributed by atoms with Gasteiger partial charge in [0.15, 0.2) is 0 Å². The first-order valence-corrected chi connectivity index (χ1v) is 11.5. The Balaban J connectivity index is 1.35. The summed E-state index contributed by atoms with van der Waals surface area (Å²) in [6, 6.07) is 9.71. The third-order valence-electron chi connectivity index (χ3n) is 7.95. The number of allylic oxidation sites excluding steroid dienone is 2. The zero-order valence-corrected chi connectivity index (χ0v) is 17.1. The zero-order chi connectivity index (χ0) is 17.9. The molecule has 2 fully saturated rings. The topological polar surface area (TPSA) is 0 Å². The molecule has 0 saturated heterocycles. The van der Waals surface area contributed by atoms with Crippen molar-refractivity contribution in [2.75, 3.05) is 0 Å². The maximum Gasteiger partial charge on any atom is -0.0162 e. The molecule has 0 amide bonds. The zero-order valence-electron chi connectivity index (χ0n) is 17.1. The van der Waals surface area contributed by atoms with Crippen molar-refractivity contribution in [3.63, 3.8) is 0 Å². The summed E-state index contributed by atoms with van der Waals surface area (Å²) in [5, 5.41) is 0. The van der Waals surface area contributed by atoms with Gasteiger partial charge in [0.05, 0.1) is 0 Å². The van der Waals surface area contributed by atoms with Gasteiger partial charge in [-0.25, -0.2) is 0 Å². The van der Waals surface area contributed by atoms with Crippen molar-refractivity contribution in [1.82, 2.24) is 0 Å². The maximum absolute atomic E-state index is 2.59. The molecule has 1 unspecified atom stereocenters.